The number of rotatable bonds is 4. The Bertz CT molecular complexity index is 558. The van der Waals surface area contributed by atoms with Gasteiger partial charge in [0.25, 0.3) is 0 Å². The third-order valence-electron chi connectivity index (χ3n) is 2.57. The summed E-state index contributed by atoms with van der Waals surface area (Å²) in [5, 5.41) is 0.692. The number of hydrogen-bond acceptors (Lipinski definition) is 2. The predicted octanol–water partition coefficient (Wildman–Crippen LogP) is 3.83. The predicted molar refractivity (Wildman–Crippen MR) is 72.4 cm³/mol. The molecule has 3 nitrogen and oxygen atoms in total. The molecular weight excluding hydrogens is 271 g/mol. The Morgan fingerprint density at radius 3 is 2.61 bits per heavy atom. The van der Waals surface area contributed by atoms with Crippen LogP contribution in [-0.4, -0.2) is 15.3 Å². The summed E-state index contributed by atoms with van der Waals surface area (Å²) in [4.78, 5) is 16.5. The zero-order valence-corrected chi connectivity index (χ0v) is 11.4. The van der Waals surface area contributed by atoms with E-state index in [2.05, 4.69) is 4.98 Å². The van der Waals surface area contributed by atoms with Crippen molar-refractivity contribution in [3.05, 3.63) is 52.0 Å². The molecule has 0 N–H and O–H groups in total. The molecule has 0 fully saturated rings. The molecule has 0 aliphatic carbocycles. The summed E-state index contributed by atoms with van der Waals surface area (Å²) in [6.45, 7) is 2.78. The SMILES string of the molecule is CCCn1ccnc1C(=O)c1c(Cl)cccc1Cl. The lowest BCUT2D eigenvalue weighted by Crippen LogP contribution is -2.12. The Hall–Kier alpha value is -1.32. The van der Waals surface area contributed by atoms with Gasteiger partial charge in [-0.1, -0.05) is 36.2 Å². The molecule has 1 aromatic heterocycles. The number of carbonyl (C=O) groups excluding carboxylic acids is 1. The Balaban J connectivity index is 2.45. The van der Waals surface area contributed by atoms with Gasteiger partial charge in [0, 0.05) is 18.9 Å². The summed E-state index contributed by atoms with van der Waals surface area (Å²) < 4.78 is 1.81. The van der Waals surface area contributed by atoms with Crippen LogP contribution in [0, 0.1) is 0 Å². The molecule has 0 saturated carbocycles. The van der Waals surface area contributed by atoms with Crippen LogP contribution in [0.25, 0.3) is 0 Å². The maximum Gasteiger partial charge on any atom is 0.231 e. The number of halogens is 2. The number of ketones is 1. The summed E-state index contributed by atoms with van der Waals surface area (Å²) in [6, 6.07) is 5.00. The van der Waals surface area contributed by atoms with Crippen molar-refractivity contribution in [3.8, 4) is 0 Å². The first-order valence-electron chi connectivity index (χ1n) is 5.65. The first kappa shape index (κ1) is 13.1. The highest BCUT2D eigenvalue weighted by atomic mass is 35.5. The highest BCUT2D eigenvalue weighted by Crippen LogP contribution is 2.26. The summed E-state index contributed by atoms with van der Waals surface area (Å²) in [6.07, 6.45) is 4.31. The molecule has 1 heterocycles. The molecule has 0 radical (unpaired) electrons. The molecule has 1 aromatic carbocycles. The average molecular weight is 283 g/mol. The third-order valence-corrected chi connectivity index (χ3v) is 3.20. The van der Waals surface area contributed by atoms with Crippen molar-refractivity contribution in [3.63, 3.8) is 0 Å². The molecule has 5 heteroatoms. The van der Waals surface area contributed by atoms with Crippen LogP contribution in [0.5, 0.6) is 0 Å². The molecule has 0 unspecified atom stereocenters. The molecule has 0 aliphatic rings. The summed E-state index contributed by atoms with van der Waals surface area (Å²) in [7, 11) is 0. The number of imidazole rings is 1. The fourth-order valence-corrected chi connectivity index (χ4v) is 2.34. The van der Waals surface area contributed by atoms with Crippen LogP contribution in [0.15, 0.2) is 30.6 Å². The van der Waals surface area contributed by atoms with Crippen LogP contribution in [0.2, 0.25) is 10.0 Å². The van der Waals surface area contributed by atoms with E-state index in [1.54, 1.807) is 30.6 Å². The Kier molecular flexibility index (Phi) is 4.04. The number of benzene rings is 1. The molecular formula is C13H12Cl2N2O. The van der Waals surface area contributed by atoms with E-state index in [1.807, 2.05) is 11.5 Å². The minimum atomic E-state index is -0.246. The maximum absolute atomic E-state index is 12.4. The van der Waals surface area contributed by atoms with Crippen LogP contribution in [0.1, 0.15) is 29.5 Å². The molecule has 0 atom stereocenters. The van der Waals surface area contributed by atoms with E-state index in [9.17, 15) is 4.79 Å². The smallest absolute Gasteiger partial charge is 0.231 e. The highest BCUT2D eigenvalue weighted by Gasteiger charge is 2.20. The van der Waals surface area contributed by atoms with Crippen molar-refractivity contribution in [2.24, 2.45) is 0 Å². The number of aromatic nitrogens is 2. The molecule has 94 valence electrons. The minimum Gasteiger partial charge on any atom is -0.328 e. The molecule has 2 aromatic rings. The Morgan fingerprint density at radius 2 is 2.00 bits per heavy atom. The Morgan fingerprint density at radius 1 is 1.33 bits per heavy atom. The average Bonchev–Trinajstić information content (AvgIpc) is 2.77. The van der Waals surface area contributed by atoms with Crippen LogP contribution < -0.4 is 0 Å². The van der Waals surface area contributed by atoms with Gasteiger partial charge < -0.3 is 4.57 Å². The standard InChI is InChI=1S/C13H12Cl2N2O/c1-2-7-17-8-6-16-13(17)12(18)11-9(14)4-3-5-10(11)15/h3-6,8H,2,7H2,1H3. The number of hydrogen-bond donors (Lipinski definition) is 0. The van der Waals surface area contributed by atoms with E-state index < -0.39 is 0 Å². The Labute approximate surface area is 115 Å². The van der Waals surface area contributed by atoms with Gasteiger partial charge in [0.2, 0.25) is 5.78 Å². The van der Waals surface area contributed by atoms with Gasteiger partial charge in [0.15, 0.2) is 5.82 Å². The van der Waals surface area contributed by atoms with E-state index in [1.165, 1.54) is 0 Å². The molecule has 0 bridgehead atoms. The lowest BCUT2D eigenvalue weighted by Gasteiger charge is -2.08. The van der Waals surface area contributed by atoms with Gasteiger partial charge in [-0.05, 0) is 18.6 Å². The lowest BCUT2D eigenvalue weighted by atomic mass is 10.1. The molecule has 18 heavy (non-hydrogen) atoms. The zero-order chi connectivity index (χ0) is 13.1. The fourth-order valence-electron chi connectivity index (χ4n) is 1.77. The number of nitrogens with zero attached hydrogens (tertiary/aromatic N) is 2. The van der Waals surface area contributed by atoms with E-state index in [4.69, 9.17) is 23.2 Å². The van der Waals surface area contributed by atoms with Crippen LogP contribution in [-0.2, 0) is 6.54 Å². The van der Waals surface area contributed by atoms with Gasteiger partial charge in [-0.25, -0.2) is 4.98 Å². The first-order valence-corrected chi connectivity index (χ1v) is 6.40. The number of aryl methyl sites for hydroxylation is 1. The van der Waals surface area contributed by atoms with E-state index in [0.29, 0.717) is 21.4 Å². The summed E-state index contributed by atoms with van der Waals surface area (Å²) in [5.74, 6) is 0.121. The second-order valence-electron chi connectivity index (χ2n) is 3.87. The van der Waals surface area contributed by atoms with Crippen molar-refractivity contribution in [2.45, 2.75) is 19.9 Å². The minimum absolute atomic E-state index is 0.246. The lowest BCUT2D eigenvalue weighted by molar-refractivity contribution is 0.102. The summed E-state index contributed by atoms with van der Waals surface area (Å²) >= 11 is 12.1. The van der Waals surface area contributed by atoms with Crippen molar-refractivity contribution < 1.29 is 4.79 Å². The maximum atomic E-state index is 12.4. The monoisotopic (exact) mass is 282 g/mol. The van der Waals surface area contributed by atoms with Crippen molar-refractivity contribution in [1.82, 2.24) is 9.55 Å². The molecule has 0 aliphatic heterocycles. The van der Waals surface area contributed by atoms with E-state index in [-0.39, 0.29) is 5.78 Å². The molecule has 2 rings (SSSR count). The second kappa shape index (κ2) is 5.55. The largest absolute Gasteiger partial charge is 0.328 e. The third kappa shape index (κ3) is 2.42. The molecule has 0 spiro atoms. The van der Waals surface area contributed by atoms with Gasteiger partial charge in [0.1, 0.15) is 0 Å². The normalized spacial score (nSPS) is 10.6. The first-order chi connectivity index (χ1) is 8.65. The van der Waals surface area contributed by atoms with Crippen LogP contribution in [0.4, 0.5) is 0 Å². The van der Waals surface area contributed by atoms with Crippen molar-refractivity contribution >= 4 is 29.0 Å². The second-order valence-corrected chi connectivity index (χ2v) is 4.68. The van der Waals surface area contributed by atoms with Crippen LogP contribution in [0.3, 0.4) is 0 Å². The fraction of sp³-hybridized carbons (Fsp3) is 0.231. The molecule has 0 amide bonds. The van der Waals surface area contributed by atoms with Gasteiger partial charge in [-0.15, -0.1) is 0 Å². The van der Waals surface area contributed by atoms with Gasteiger partial charge in [-0.2, -0.15) is 0 Å². The quantitative estimate of drug-likeness (QED) is 0.799. The summed E-state index contributed by atoms with van der Waals surface area (Å²) in [5.41, 5.74) is 0.310. The van der Waals surface area contributed by atoms with Gasteiger partial charge in [-0.3, -0.25) is 4.79 Å². The van der Waals surface area contributed by atoms with Gasteiger partial charge >= 0.3 is 0 Å². The highest BCUT2D eigenvalue weighted by molar-refractivity contribution is 6.40. The van der Waals surface area contributed by atoms with E-state index >= 15 is 0 Å². The number of carbonyl (C=O) groups is 1. The van der Waals surface area contributed by atoms with Crippen LogP contribution >= 0.6 is 23.2 Å². The zero-order valence-electron chi connectivity index (χ0n) is 9.86. The molecule has 0 saturated heterocycles. The van der Waals surface area contributed by atoms with E-state index in [0.717, 1.165) is 13.0 Å². The topological polar surface area (TPSA) is 34.9 Å². The van der Waals surface area contributed by atoms with Crippen molar-refractivity contribution in [2.75, 3.05) is 0 Å². The van der Waals surface area contributed by atoms with Gasteiger partial charge in [0.05, 0.1) is 15.6 Å². The van der Waals surface area contributed by atoms with Crippen molar-refractivity contribution in [1.29, 1.82) is 0 Å².